The van der Waals surface area contributed by atoms with Gasteiger partial charge in [0.15, 0.2) is 0 Å². The molecule has 3 unspecified atom stereocenters. The second kappa shape index (κ2) is 14.9. The van der Waals surface area contributed by atoms with Gasteiger partial charge in [-0.25, -0.2) is 0 Å². The normalized spacial score (nSPS) is 26.7. The first kappa shape index (κ1) is 36.9. The summed E-state index contributed by atoms with van der Waals surface area (Å²) in [5.41, 5.74) is 33.5. The number of hydrogen-bond acceptors (Lipinski definition) is 0. The van der Waals surface area contributed by atoms with Crippen LogP contribution in [0.2, 0.25) is 0 Å². The molecule has 0 saturated carbocycles. The van der Waals surface area contributed by atoms with E-state index in [2.05, 4.69) is 117 Å². The fourth-order valence-electron chi connectivity index (χ4n) is 13.5. The Morgan fingerprint density at radius 1 is 0.533 bits per heavy atom. The Bertz CT molecular complexity index is 2680. The first-order valence-corrected chi connectivity index (χ1v) is 23.9. The van der Waals surface area contributed by atoms with E-state index >= 15 is 0 Å². The van der Waals surface area contributed by atoms with Gasteiger partial charge in [-0.1, -0.05) is 109 Å². The van der Waals surface area contributed by atoms with E-state index < -0.39 is 0 Å². The molecule has 0 saturated heterocycles. The van der Waals surface area contributed by atoms with Crippen LogP contribution in [0.3, 0.4) is 0 Å². The first-order valence-electron chi connectivity index (χ1n) is 23.9. The van der Waals surface area contributed by atoms with Gasteiger partial charge in [0.25, 0.3) is 0 Å². The van der Waals surface area contributed by atoms with Crippen molar-refractivity contribution in [3.05, 3.63) is 203 Å². The zero-order chi connectivity index (χ0) is 39.9. The van der Waals surface area contributed by atoms with E-state index in [1.807, 2.05) is 0 Å². The highest BCUT2D eigenvalue weighted by Gasteiger charge is 2.40. The summed E-state index contributed by atoms with van der Waals surface area (Å²) in [5, 5.41) is 0. The Balaban J connectivity index is 0.969. The van der Waals surface area contributed by atoms with Gasteiger partial charge in [-0.15, -0.1) is 0 Å². The highest BCUT2D eigenvalue weighted by molar-refractivity contribution is 5.85. The van der Waals surface area contributed by atoms with Crippen LogP contribution in [0.25, 0.3) is 17.2 Å². The first-order chi connectivity index (χ1) is 29.6. The molecule has 0 aromatic heterocycles. The van der Waals surface area contributed by atoms with E-state index in [0.29, 0.717) is 17.8 Å². The van der Waals surface area contributed by atoms with Crippen LogP contribution in [0.5, 0.6) is 0 Å². The zero-order valence-corrected chi connectivity index (χ0v) is 36.1. The second-order valence-corrected chi connectivity index (χ2v) is 19.7. The maximum atomic E-state index is 2.71. The van der Waals surface area contributed by atoms with Crippen molar-refractivity contribution < 1.29 is 0 Å². The molecule has 0 nitrogen and oxygen atoms in total. The molecule has 0 heteroatoms. The fourth-order valence-corrected chi connectivity index (χ4v) is 13.5. The van der Waals surface area contributed by atoms with Gasteiger partial charge in [0, 0.05) is 11.8 Å². The van der Waals surface area contributed by atoms with Crippen molar-refractivity contribution in [2.45, 2.75) is 135 Å². The van der Waals surface area contributed by atoms with E-state index in [9.17, 15) is 0 Å². The Hall–Kier alpha value is -4.94. The van der Waals surface area contributed by atoms with Crippen LogP contribution in [0.15, 0.2) is 164 Å². The van der Waals surface area contributed by atoms with Crippen LogP contribution in [0.4, 0.5) is 0 Å². The molecule has 10 aliphatic rings. The second-order valence-electron chi connectivity index (χ2n) is 19.7. The summed E-state index contributed by atoms with van der Waals surface area (Å²) in [5.74, 6) is 1.47. The largest absolute Gasteiger partial charge is 0.0842 e. The summed E-state index contributed by atoms with van der Waals surface area (Å²) in [4.78, 5) is 0. The van der Waals surface area contributed by atoms with E-state index in [4.69, 9.17) is 0 Å². The van der Waals surface area contributed by atoms with Crippen molar-refractivity contribution in [2.24, 2.45) is 5.92 Å². The lowest BCUT2D eigenvalue weighted by molar-refractivity contribution is 0.546. The van der Waals surface area contributed by atoms with Crippen molar-refractivity contribution in [3.63, 3.8) is 0 Å². The molecule has 300 valence electrons. The molecule has 0 N–H and O–H groups in total. The molecule has 0 fully saturated rings. The summed E-state index contributed by atoms with van der Waals surface area (Å²) in [6, 6.07) is 12.6. The molecule has 2 aromatic carbocycles. The predicted octanol–water partition coefficient (Wildman–Crippen LogP) is 16.2. The number of benzene rings is 2. The molecule has 60 heavy (non-hydrogen) atoms. The third kappa shape index (κ3) is 6.14. The number of fused-ring (bicyclic) bond motifs is 5. The standard InChI is InChI=1S/C60H60/c1-37-19-21-40-12-5-7-15-49(40)59(37)57-35-56-53-30-29-48(47-28-27-45-32-44(25-26-46(45)33-47)43-24-23-39-11-3-4-14-42(39)31-43)34-54(53)58(36-55(56)51-17-9-10-18-52(51)57)60-38(2)20-22-41-13-6-8-16-50(41)60/h3,5,8,10-12,16,18-21,29-34,41,57-58H,4,6-7,9,13-15,17,22-28,35-36H2,1-2H3. The molecule has 0 radical (unpaired) electrons. The van der Waals surface area contributed by atoms with E-state index in [-0.39, 0.29) is 0 Å². The molecule has 0 spiro atoms. The average Bonchev–Trinajstić information content (AvgIpc) is 3.30. The summed E-state index contributed by atoms with van der Waals surface area (Å²) in [6.07, 6.45) is 50.1. The highest BCUT2D eigenvalue weighted by Crippen LogP contribution is 2.58. The molecule has 0 heterocycles. The van der Waals surface area contributed by atoms with Gasteiger partial charge in [0.2, 0.25) is 0 Å². The number of aryl methyl sites for hydroxylation is 1. The summed E-state index contributed by atoms with van der Waals surface area (Å²) in [7, 11) is 0. The maximum Gasteiger partial charge on any atom is 0.0141 e. The highest BCUT2D eigenvalue weighted by atomic mass is 14.4. The Kier molecular flexibility index (Phi) is 9.16. The van der Waals surface area contributed by atoms with Crippen LogP contribution in [0, 0.1) is 12.8 Å². The lowest BCUT2D eigenvalue weighted by Gasteiger charge is -2.42. The summed E-state index contributed by atoms with van der Waals surface area (Å²) in [6.45, 7) is 4.82. The number of allylic oxidation sites excluding steroid dienone is 25. The topological polar surface area (TPSA) is 0 Å². The van der Waals surface area contributed by atoms with Gasteiger partial charge in [-0.2, -0.15) is 0 Å². The molecule has 0 bridgehead atoms. The van der Waals surface area contributed by atoms with Gasteiger partial charge < -0.3 is 0 Å². The van der Waals surface area contributed by atoms with Crippen LogP contribution in [-0.4, -0.2) is 0 Å². The minimum absolute atomic E-state index is 0.390. The van der Waals surface area contributed by atoms with Crippen molar-refractivity contribution in [1.29, 1.82) is 0 Å². The molecule has 0 aliphatic heterocycles. The van der Waals surface area contributed by atoms with Gasteiger partial charge in [-0.3, -0.25) is 0 Å². The molecular formula is C60H60. The van der Waals surface area contributed by atoms with Crippen LogP contribution in [0.1, 0.15) is 160 Å². The minimum atomic E-state index is 0.390. The smallest absolute Gasteiger partial charge is 0.0141 e. The third-order valence-electron chi connectivity index (χ3n) is 16.5. The minimum Gasteiger partial charge on any atom is -0.0842 e. The quantitative estimate of drug-likeness (QED) is 0.290. The van der Waals surface area contributed by atoms with Crippen molar-refractivity contribution in [2.75, 3.05) is 0 Å². The van der Waals surface area contributed by atoms with Crippen molar-refractivity contribution in [1.82, 2.24) is 0 Å². The van der Waals surface area contributed by atoms with E-state index in [1.165, 1.54) is 86.5 Å². The summed E-state index contributed by atoms with van der Waals surface area (Å²) < 4.78 is 0. The molecule has 0 amide bonds. The third-order valence-corrected chi connectivity index (χ3v) is 16.5. The molecular weight excluding hydrogens is 721 g/mol. The Morgan fingerprint density at radius 3 is 2.12 bits per heavy atom. The molecule has 3 atom stereocenters. The van der Waals surface area contributed by atoms with Gasteiger partial charge >= 0.3 is 0 Å². The Labute approximate surface area is 359 Å². The summed E-state index contributed by atoms with van der Waals surface area (Å²) >= 11 is 0. The zero-order valence-electron chi connectivity index (χ0n) is 36.1. The van der Waals surface area contributed by atoms with Gasteiger partial charge in [-0.05, 0) is 240 Å². The van der Waals surface area contributed by atoms with Crippen molar-refractivity contribution in [3.8, 4) is 0 Å². The fraction of sp³-hybridized carbons (Fsp3) is 0.367. The molecule has 10 aliphatic carbocycles. The van der Waals surface area contributed by atoms with Gasteiger partial charge in [0.1, 0.15) is 0 Å². The molecule has 2 aromatic rings. The van der Waals surface area contributed by atoms with Gasteiger partial charge in [0.05, 0.1) is 0 Å². The SMILES string of the molecule is CC1=CCC2CCC=CC2=C1C1CC2=C(CC(c3c(C)ccc4c3CCC=C4)C3=C2CCC=C3)c2ccc(C3=CC4=C(C=C(C5=CC6=C(C=CCC6)CC5)CC4)CC3)cc21. The number of hydrogen-bond donors (Lipinski definition) is 0. The Morgan fingerprint density at radius 2 is 1.23 bits per heavy atom. The number of rotatable bonds is 4. The van der Waals surface area contributed by atoms with E-state index in [1.54, 1.807) is 94.7 Å². The van der Waals surface area contributed by atoms with E-state index in [0.717, 1.165) is 44.9 Å². The lowest BCUT2D eigenvalue weighted by atomic mass is 9.62. The average molecular weight is 781 g/mol. The lowest BCUT2D eigenvalue weighted by Crippen LogP contribution is -2.25. The molecule has 12 rings (SSSR count). The predicted molar refractivity (Wildman–Crippen MR) is 254 cm³/mol. The maximum absolute atomic E-state index is 2.71. The van der Waals surface area contributed by atoms with Crippen LogP contribution >= 0.6 is 0 Å². The van der Waals surface area contributed by atoms with Crippen LogP contribution < -0.4 is 0 Å². The van der Waals surface area contributed by atoms with Crippen molar-refractivity contribution >= 4 is 17.2 Å². The van der Waals surface area contributed by atoms with Crippen LogP contribution in [-0.2, 0) is 6.42 Å². The monoisotopic (exact) mass is 780 g/mol.